The van der Waals surface area contributed by atoms with Gasteiger partial charge in [-0.1, -0.05) is 29.8 Å². The molecule has 0 saturated heterocycles. The minimum absolute atomic E-state index is 0. The van der Waals surface area contributed by atoms with Crippen LogP contribution in [0.25, 0.3) is 0 Å². The fourth-order valence-corrected chi connectivity index (χ4v) is 2.90. The summed E-state index contributed by atoms with van der Waals surface area (Å²) < 4.78 is 0. The number of nitrogens with two attached hydrogens (primary N) is 1. The van der Waals surface area contributed by atoms with E-state index in [0.29, 0.717) is 23.7 Å². The predicted molar refractivity (Wildman–Crippen MR) is 94.0 cm³/mol. The second kappa shape index (κ2) is 7.92. The molecular formula is C15H19Cl2N3OS. The molecule has 0 unspecified atom stereocenters. The Morgan fingerprint density at radius 3 is 2.68 bits per heavy atom. The zero-order valence-corrected chi connectivity index (χ0v) is 14.8. The largest absolute Gasteiger partial charge is 0.345 e. The first-order valence-corrected chi connectivity index (χ1v) is 7.87. The van der Waals surface area contributed by atoms with E-state index in [4.69, 9.17) is 17.3 Å². The van der Waals surface area contributed by atoms with Crippen LogP contribution in [0.4, 0.5) is 0 Å². The zero-order chi connectivity index (χ0) is 15.5. The first-order chi connectivity index (χ1) is 9.91. The lowest BCUT2D eigenvalue weighted by atomic mass is 9.94. The molecule has 7 heteroatoms. The minimum atomic E-state index is -0.422. The van der Waals surface area contributed by atoms with Gasteiger partial charge in [0.1, 0.15) is 10.7 Å². The smallest absolute Gasteiger partial charge is 0.271 e. The summed E-state index contributed by atoms with van der Waals surface area (Å²) >= 11 is 7.56. The monoisotopic (exact) mass is 359 g/mol. The Bertz CT molecular complexity index is 643. The number of rotatable bonds is 5. The maximum atomic E-state index is 12.2. The Balaban J connectivity index is 0.00000242. The van der Waals surface area contributed by atoms with Crippen LogP contribution in [0.3, 0.4) is 0 Å². The second-order valence-electron chi connectivity index (χ2n) is 5.44. The van der Waals surface area contributed by atoms with Crippen molar-refractivity contribution >= 4 is 41.3 Å². The summed E-state index contributed by atoms with van der Waals surface area (Å²) in [6.07, 6.45) is 0.645. The van der Waals surface area contributed by atoms with E-state index in [1.165, 1.54) is 11.3 Å². The van der Waals surface area contributed by atoms with Crippen LogP contribution in [-0.2, 0) is 13.0 Å². The van der Waals surface area contributed by atoms with Crippen LogP contribution in [0.2, 0.25) is 5.02 Å². The van der Waals surface area contributed by atoms with Crippen molar-refractivity contribution in [2.75, 3.05) is 0 Å². The average Bonchev–Trinajstić information content (AvgIpc) is 2.89. The molecule has 0 radical (unpaired) electrons. The third-order valence-electron chi connectivity index (χ3n) is 3.00. The van der Waals surface area contributed by atoms with Crippen LogP contribution in [0.1, 0.15) is 34.9 Å². The molecule has 0 atom stereocenters. The number of hydrogen-bond donors (Lipinski definition) is 2. The number of halogens is 2. The van der Waals surface area contributed by atoms with Crippen molar-refractivity contribution in [3.8, 4) is 0 Å². The fourth-order valence-electron chi connectivity index (χ4n) is 2.04. The zero-order valence-electron chi connectivity index (χ0n) is 12.4. The summed E-state index contributed by atoms with van der Waals surface area (Å²) in [5.74, 6) is -0.192. The summed E-state index contributed by atoms with van der Waals surface area (Å²) in [4.78, 5) is 16.4. The molecule has 3 N–H and O–H groups in total. The normalized spacial score (nSPS) is 10.9. The maximum Gasteiger partial charge on any atom is 0.271 e. The summed E-state index contributed by atoms with van der Waals surface area (Å²) in [6, 6.07) is 7.64. The van der Waals surface area contributed by atoms with Crippen molar-refractivity contribution in [2.45, 2.75) is 32.4 Å². The summed E-state index contributed by atoms with van der Waals surface area (Å²) in [5, 5.41) is 6.18. The Kier molecular flexibility index (Phi) is 6.81. The molecule has 1 aromatic carbocycles. The molecule has 0 saturated carbocycles. The van der Waals surface area contributed by atoms with Gasteiger partial charge in [-0.25, -0.2) is 4.98 Å². The number of nitrogens with one attached hydrogen (secondary N) is 1. The van der Waals surface area contributed by atoms with Gasteiger partial charge in [0.2, 0.25) is 0 Å². The molecule has 4 nitrogen and oxygen atoms in total. The van der Waals surface area contributed by atoms with E-state index in [1.54, 1.807) is 5.38 Å². The number of benzene rings is 1. The minimum Gasteiger partial charge on any atom is -0.345 e. The average molecular weight is 360 g/mol. The van der Waals surface area contributed by atoms with E-state index < -0.39 is 5.54 Å². The number of hydrogen-bond acceptors (Lipinski definition) is 4. The molecule has 0 aliphatic carbocycles. The molecule has 22 heavy (non-hydrogen) atoms. The van der Waals surface area contributed by atoms with E-state index in [2.05, 4.69) is 10.3 Å². The number of aromatic nitrogens is 1. The van der Waals surface area contributed by atoms with Crippen LogP contribution in [0, 0.1) is 0 Å². The van der Waals surface area contributed by atoms with Gasteiger partial charge in [0, 0.05) is 22.5 Å². The van der Waals surface area contributed by atoms with E-state index in [1.807, 2.05) is 38.1 Å². The highest BCUT2D eigenvalue weighted by atomic mass is 35.5. The van der Waals surface area contributed by atoms with Gasteiger partial charge in [-0.3, -0.25) is 4.79 Å². The van der Waals surface area contributed by atoms with Crippen LogP contribution < -0.4 is 11.1 Å². The van der Waals surface area contributed by atoms with Crippen LogP contribution in [0.5, 0.6) is 0 Å². The van der Waals surface area contributed by atoms with Crippen LogP contribution in [-0.4, -0.2) is 16.4 Å². The summed E-state index contributed by atoms with van der Waals surface area (Å²) in [7, 11) is 0. The quantitative estimate of drug-likeness (QED) is 0.858. The molecule has 0 spiro atoms. The SMILES string of the molecule is CC(C)(Cc1ccccc1Cl)NC(=O)c1csc(CN)n1.Cl. The predicted octanol–water partition coefficient (Wildman–Crippen LogP) is 3.43. The Hall–Kier alpha value is -1.14. The number of amides is 1. The van der Waals surface area contributed by atoms with Gasteiger partial charge in [-0.2, -0.15) is 0 Å². The van der Waals surface area contributed by atoms with Crippen molar-refractivity contribution in [3.05, 3.63) is 50.9 Å². The number of thiazole rings is 1. The van der Waals surface area contributed by atoms with Gasteiger partial charge >= 0.3 is 0 Å². The van der Waals surface area contributed by atoms with Crippen LogP contribution in [0.15, 0.2) is 29.6 Å². The third-order valence-corrected chi connectivity index (χ3v) is 4.24. The highest BCUT2D eigenvalue weighted by molar-refractivity contribution is 7.09. The molecule has 2 aromatic rings. The van der Waals surface area contributed by atoms with Gasteiger partial charge in [0.05, 0.1) is 0 Å². The lowest BCUT2D eigenvalue weighted by molar-refractivity contribution is 0.0908. The third kappa shape index (κ3) is 4.95. The van der Waals surface area contributed by atoms with Gasteiger partial charge in [-0.15, -0.1) is 23.7 Å². The van der Waals surface area contributed by atoms with Crippen molar-refractivity contribution in [3.63, 3.8) is 0 Å². The van der Waals surface area contributed by atoms with Crippen molar-refractivity contribution in [2.24, 2.45) is 5.73 Å². The second-order valence-corrected chi connectivity index (χ2v) is 6.79. The van der Waals surface area contributed by atoms with Gasteiger partial charge < -0.3 is 11.1 Å². The molecular weight excluding hydrogens is 341 g/mol. The molecule has 0 aliphatic heterocycles. The van der Waals surface area contributed by atoms with Gasteiger partial charge in [-0.05, 0) is 31.9 Å². The molecule has 1 aromatic heterocycles. The molecule has 1 amide bonds. The lowest BCUT2D eigenvalue weighted by Crippen LogP contribution is -2.45. The summed E-state index contributed by atoms with van der Waals surface area (Å²) in [6.45, 7) is 4.27. The Labute approximate surface area is 145 Å². The fraction of sp³-hybridized carbons (Fsp3) is 0.333. The first kappa shape index (κ1) is 18.9. The molecule has 120 valence electrons. The first-order valence-electron chi connectivity index (χ1n) is 6.62. The molecule has 1 heterocycles. The van der Waals surface area contributed by atoms with Crippen molar-refractivity contribution in [1.29, 1.82) is 0 Å². The highest BCUT2D eigenvalue weighted by Crippen LogP contribution is 2.21. The van der Waals surface area contributed by atoms with Crippen LogP contribution >= 0.6 is 35.3 Å². The van der Waals surface area contributed by atoms with E-state index in [9.17, 15) is 4.79 Å². The van der Waals surface area contributed by atoms with E-state index in [-0.39, 0.29) is 18.3 Å². The maximum absolute atomic E-state index is 12.2. The lowest BCUT2D eigenvalue weighted by Gasteiger charge is -2.26. The van der Waals surface area contributed by atoms with Crippen molar-refractivity contribution in [1.82, 2.24) is 10.3 Å². The number of nitrogens with zero attached hydrogens (tertiary/aromatic N) is 1. The topological polar surface area (TPSA) is 68.0 Å². The Morgan fingerprint density at radius 2 is 2.09 bits per heavy atom. The summed E-state index contributed by atoms with van der Waals surface area (Å²) in [5.41, 5.74) is 6.50. The van der Waals surface area contributed by atoms with E-state index >= 15 is 0 Å². The highest BCUT2D eigenvalue weighted by Gasteiger charge is 2.23. The number of carbonyl (C=O) groups excluding carboxylic acids is 1. The van der Waals surface area contributed by atoms with Crippen molar-refractivity contribution < 1.29 is 4.79 Å². The molecule has 2 rings (SSSR count). The Morgan fingerprint density at radius 1 is 1.41 bits per heavy atom. The molecule has 0 aliphatic rings. The standard InChI is InChI=1S/C15H18ClN3OS.ClH/c1-15(2,7-10-5-3-4-6-11(10)16)19-14(20)12-9-21-13(8-17)18-12;/h3-6,9H,7-8,17H2,1-2H3,(H,19,20);1H. The molecule has 0 fully saturated rings. The van der Waals surface area contributed by atoms with E-state index in [0.717, 1.165) is 10.6 Å². The van der Waals surface area contributed by atoms with Gasteiger partial charge in [0.15, 0.2) is 0 Å². The number of carbonyl (C=O) groups is 1. The molecule has 0 bridgehead atoms. The van der Waals surface area contributed by atoms with Gasteiger partial charge in [0.25, 0.3) is 5.91 Å².